The Morgan fingerprint density at radius 3 is 2.11 bits per heavy atom. The standard InChI is InChI=1S/C13H21NO2S2/c1-13(2,18-17-3)9-14-12-5-10(7-15)4-11(6-12)8-16/h4-6,14-16H,7-9H2,1-3H3. The molecule has 0 aliphatic carbocycles. The molecule has 0 amide bonds. The SMILES string of the molecule is CSSC(C)(C)CNc1cc(CO)cc(CO)c1. The van der Waals surface area contributed by atoms with Crippen molar-refractivity contribution >= 4 is 27.3 Å². The molecule has 0 aliphatic heterocycles. The lowest BCUT2D eigenvalue weighted by Crippen LogP contribution is -2.25. The van der Waals surface area contributed by atoms with Gasteiger partial charge in [-0.05, 0) is 43.4 Å². The molecule has 0 radical (unpaired) electrons. The average Bonchev–Trinajstić information content (AvgIpc) is 2.36. The molecule has 0 heterocycles. The number of rotatable bonds is 7. The summed E-state index contributed by atoms with van der Waals surface area (Å²) < 4.78 is 0.133. The number of aliphatic hydroxyl groups excluding tert-OH is 2. The molecular weight excluding hydrogens is 266 g/mol. The maximum atomic E-state index is 9.18. The number of hydrogen-bond acceptors (Lipinski definition) is 5. The van der Waals surface area contributed by atoms with Crippen molar-refractivity contribution in [1.29, 1.82) is 0 Å². The van der Waals surface area contributed by atoms with Crippen molar-refractivity contribution in [3.8, 4) is 0 Å². The molecule has 0 aromatic heterocycles. The molecule has 0 saturated heterocycles. The van der Waals surface area contributed by atoms with Gasteiger partial charge >= 0.3 is 0 Å². The Kier molecular flexibility index (Phi) is 6.35. The molecule has 102 valence electrons. The summed E-state index contributed by atoms with van der Waals surface area (Å²) in [4.78, 5) is 0. The number of hydrogen-bond donors (Lipinski definition) is 3. The normalized spacial score (nSPS) is 11.6. The Morgan fingerprint density at radius 2 is 1.67 bits per heavy atom. The lowest BCUT2D eigenvalue weighted by Gasteiger charge is -2.23. The van der Waals surface area contributed by atoms with Gasteiger partial charge in [0.15, 0.2) is 0 Å². The highest BCUT2D eigenvalue weighted by Gasteiger charge is 2.17. The van der Waals surface area contributed by atoms with Crippen molar-refractivity contribution in [2.75, 3.05) is 18.1 Å². The van der Waals surface area contributed by atoms with Crippen LogP contribution in [0, 0.1) is 0 Å². The molecule has 0 bridgehead atoms. The van der Waals surface area contributed by atoms with Gasteiger partial charge < -0.3 is 15.5 Å². The molecule has 0 fully saturated rings. The second kappa shape index (κ2) is 7.28. The Hall–Kier alpha value is -0.360. The Bertz CT molecular complexity index is 361. The van der Waals surface area contributed by atoms with Gasteiger partial charge in [-0.15, -0.1) is 0 Å². The van der Waals surface area contributed by atoms with E-state index in [2.05, 4.69) is 25.4 Å². The van der Waals surface area contributed by atoms with E-state index < -0.39 is 0 Å². The van der Waals surface area contributed by atoms with Crippen molar-refractivity contribution in [3.05, 3.63) is 29.3 Å². The molecule has 0 atom stereocenters. The minimum atomic E-state index is -0.00846. The van der Waals surface area contributed by atoms with E-state index in [1.807, 2.05) is 29.0 Å². The molecule has 3 nitrogen and oxygen atoms in total. The van der Waals surface area contributed by atoms with Crippen LogP contribution in [0.5, 0.6) is 0 Å². The third-order valence-electron chi connectivity index (χ3n) is 2.44. The molecule has 1 aromatic carbocycles. The fourth-order valence-corrected chi connectivity index (χ4v) is 3.73. The van der Waals surface area contributed by atoms with Crippen LogP contribution in [0.15, 0.2) is 18.2 Å². The van der Waals surface area contributed by atoms with Crippen LogP contribution in [0.3, 0.4) is 0 Å². The van der Waals surface area contributed by atoms with E-state index in [0.717, 1.165) is 23.4 Å². The van der Waals surface area contributed by atoms with Crippen LogP contribution in [-0.2, 0) is 13.2 Å². The second-order valence-electron chi connectivity index (χ2n) is 4.72. The summed E-state index contributed by atoms with van der Waals surface area (Å²) in [6, 6.07) is 5.64. The van der Waals surface area contributed by atoms with Crippen molar-refractivity contribution in [3.63, 3.8) is 0 Å². The second-order valence-corrected chi connectivity index (χ2v) is 7.82. The highest BCUT2D eigenvalue weighted by atomic mass is 33.1. The third-order valence-corrected chi connectivity index (χ3v) is 5.06. The first-order valence-corrected chi connectivity index (χ1v) is 8.37. The van der Waals surface area contributed by atoms with Gasteiger partial charge in [-0.25, -0.2) is 0 Å². The average molecular weight is 287 g/mol. The van der Waals surface area contributed by atoms with Crippen LogP contribution >= 0.6 is 21.6 Å². The van der Waals surface area contributed by atoms with E-state index in [4.69, 9.17) is 0 Å². The fourth-order valence-electron chi connectivity index (χ4n) is 1.62. The number of benzene rings is 1. The number of nitrogens with one attached hydrogen (secondary N) is 1. The van der Waals surface area contributed by atoms with Gasteiger partial charge in [0.05, 0.1) is 13.2 Å². The van der Waals surface area contributed by atoms with Crippen molar-refractivity contribution in [2.45, 2.75) is 31.8 Å². The summed E-state index contributed by atoms with van der Waals surface area (Å²) in [5.74, 6) is 0. The monoisotopic (exact) mass is 287 g/mol. The Morgan fingerprint density at radius 1 is 1.11 bits per heavy atom. The maximum absolute atomic E-state index is 9.18. The molecule has 1 aromatic rings. The highest BCUT2D eigenvalue weighted by molar-refractivity contribution is 8.76. The summed E-state index contributed by atoms with van der Waals surface area (Å²) in [7, 11) is 3.58. The van der Waals surface area contributed by atoms with E-state index in [1.54, 1.807) is 10.8 Å². The number of anilines is 1. The highest BCUT2D eigenvalue weighted by Crippen LogP contribution is 2.33. The van der Waals surface area contributed by atoms with E-state index >= 15 is 0 Å². The van der Waals surface area contributed by atoms with E-state index in [9.17, 15) is 10.2 Å². The van der Waals surface area contributed by atoms with Crippen LogP contribution in [-0.4, -0.2) is 27.8 Å². The predicted molar refractivity (Wildman–Crippen MR) is 82.0 cm³/mol. The molecule has 5 heteroatoms. The van der Waals surface area contributed by atoms with Crippen LogP contribution < -0.4 is 5.32 Å². The summed E-state index contributed by atoms with van der Waals surface area (Å²) in [5.41, 5.74) is 2.58. The zero-order valence-corrected chi connectivity index (χ0v) is 12.7. The van der Waals surface area contributed by atoms with Gasteiger partial charge in [0.25, 0.3) is 0 Å². The summed E-state index contributed by atoms with van der Waals surface area (Å²) in [6.07, 6.45) is 2.07. The maximum Gasteiger partial charge on any atom is 0.0682 e. The van der Waals surface area contributed by atoms with Gasteiger partial charge in [0.2, 0.25) is 0 Å². The first kappa shape index (κ1) is 15.7. The minimum absolute atomic E-state index is 0.00846. The van der Waals surface area contributed by atoms with Crippen LogP contribution in [0.4, 0.5) is 5.69 Å². The molecule has 0 spiro atoms. The molecule has 3 N–H and O–H groups in total. The van der Waals surface area contributed by atoms with Gasteiger partial charge in [-0.2, -0.15) is 0 Å². The van der Waals surface area contributed by atoms with Crippen molar-refractivity contribution < 1.29 is 10.2 Å². The largest absolute Gasteiger partial charge is 0.392 e. The number of aliphatic hydroxyl groups is 2. The molecule has 0 saturated carbocycles. The van der Waals surface area contributed by atoms with Crippen LogP contribution in [0.2, 0.25) is 0 Å². The first-order valence-electron chi connectivity index (χ1n) is 5.81. The van der Waals surface area contributed by atoms with Crippen molar-refractivity contribution in [1.82, 2.24) is 0 Å². The third kappa shape index (κ3) is 5.10. The minimum Gasteiger partial charge on any atom is -0.392 e. The predicted octanol–water partition coefficient (Wildman–Crippen LogP) is 2.87. The van der Waals surface area contributed by atoms with Crippen LogP contribution in [0.25, 0.3) is 0 Å². The molecular formula is C13H21NO2S2. The lowest BCUT2D eigenvalue weighted by molar-refractivity contribution is 0.275. The zero-order chi connectivity index (χ0) is 13.6. The van der Waals surface area contributed by atoms with E-state index in [0.29, 0.717) is 0 Å². The first-order chi connectivity index (χ1) is 8.50. The quantitative estimate of drug-likeness (QED) is 0.673. The Labute approximate surface area is 117 Å². The smallest absolute Gasteiger partial charge is 0.0682 e. The van der Waals surface area contributed by atoms with E-state index in [1.165, 1.54) is 0 Å². The topological polar surface area (TPSA) is 52.5 Å². The summed E-state index contributed by atoms with van der Waals surface area (Å²) in [5, 5.41) is 21.7. The molecule has 18 heavy (non-hydrogen) atoms. The van der Waals surface area contributed by atoms with Crippen LogP contribution in [0.1, 0.15) is 25.0 Å². The van der Waals surface area contributed by atoms with Gasteiger partial charge in [-0.1, -0.05) is 27.7 Å². The molecule has 0 unspecified atom stereocenters. The zero-order valence-electron chi connectivity index (χ0n) is 11.1. The lowest BCUT2D eigenvalue weighted by atomic mass is 10.1. The van der Waals surface area contributed by atoms with Crippen molar-refractivity contribution in [2.24, 2.45) is 0 Å². The summed E-state index contributed by atoms with van der Waals surface area (Å²) in [6.45, 7) is 5.18. The fraction of sp³-hybridized carbons (Fsp3) is 0.538. The molecule has 0 aliphatic rings. The van der Waals surface area contributed by atoms with Gasteiger partial charge in [0.1, 0.15) is 0 Å². The van der Waals surface area contributed by atoms with Gasteiger partial charge in [0, 0.05) is 17.0 Å². The van der Waals surface area contributed by atoms with E-state index in [-0.39, 0.29) is 18.0 Å². The Balaban J connectivity index is 2.72. The molecule has 1 rings (SSSR count). The van der Waals surface area contributed by atoms with Gasteiger partial charge in [-0.3, -0.25) is 0 Å². The summed E-state index contributed by atoms with van der Waals surface area (Å²) >= 11 is 0.